The quantitative estimate of drug-likeness (QED) is 0.786. The van der Waals surface area contributed by atoms with Gasteiger partial charge in [-0.25, -0.2) is 0 Å². The van der Waals surface area contributed by atoms with Crippen LogP contribution in [0.15, 0.2) is 54.6 Å². The molecule has 2 N–H and O–H groups in total. The molecule has 0 bridgehead atoms. The molecule has 1 atom stereocenters. The largest absolute Gasteiger partial charge is 0.481 e. The van der Waals surface area contributed by atoms with Gasteiger partial charge in [0, 0.05) is 13.1 Å². The standard InChI is InChI=1S/C19H23NO3/c1-20(14-12-19(22)23)13-11-18(21)17-9-7-16(8-10-17)15-5-3-2-4-6-15/h2-10,18,21H,11-14H2,1H3,(H,22,23). The van der Waals surface area contributed by atoms with E-state index in [9.17, 15) is 9.90 Å². The molecule has 4 heteroatoms. The monoisotopic (exact) mass is 313 g/mol. The number of benzene rings is 2. The molecule has 4 nitrogen and oxygen atoms in total. The highest BCUT2D eigenvalue weighted by Gasteiger charge is 2.10. The molecule has 0 amide bonds. The first-order valence-corrected chi connectivity index (χ1v) is 7.80. The summed E-state index contributed by atoms with van der Waals surface area (Å²) in [7, 11) is 1.87. The molecule has 1 unspecified atom stereocenters. The fourth-order valence-corrected chi connectivity index (χ4v) is 2.44. The molecule has 0 aromatic heterocycles. The molecule has 0 aliphatic rings. The highest BCUT2D eigenvalue weighted by molar-refractivity contribution is 5.66. The number of hydrogen-bond acceptors (Lipinski definition) is 3. The van der Waals surface area contributed by atoms with E-state index in [0.717, 1.165) is 16.7 Å². The first-order chi connectivity index (χ1) is 11.1. The van der Waals surface area contributed by atoms with Gasteiger partial charge in [0.05, 0.1) is 12.5 Å². The third-order valence-corrected chi connectivity index (χ3v) is 3.89. The van der Waals surface area contributed by atoms with Crippen molar-refractivity contribution in [3.8, 4) is 11.1 Å². The fourth-order valence-electron chi connectivity index (χ4n) is 2.44. The van der Waals surface area contributed by atoms with Crippen LogP contribution in [0.25, 0.3) is 11.1 Å². The van der Waals surface area contributed by atoms with Crippen molar-refractivity contribution in [2.45, 2.75) is 18.9 Å². The van der Waals surface area contributed by atoms with Crippen LogP contribution in [0.1, 0.15) is 24.5 Å². The molecule has 0 radical (unpaired) electrons. The average molecular weight is 313 g/mol. The van der Waals surface area contributed by atoms with Crippen LogP contribution in [0.5, 0.6) is 0 Å². The van der Waals surface area contributed by atoms with E-state index < -0.39 is 12.1 Å². The molecule has 0 aliphatic heterocycles. The number of aliphatic hydroxyl groups is 1. The van der Waals surface area contributed by atoms with Gasteiger partial charge in [-0.05, 0) is 30.2 Å². The SMILES string of the molecule is CN(CCC(=O)O)CCC(O)c1ccc(-c2ccccc2)cc1. The third-order valence-electron chi connectivity index (χ3n) is 3.89. The zero-order valence-electron chi connectivity index (χ0n) is 13.4. The van der Waals surface area contributed by atoms with Crippen LogP contribution < -0.4 is 0 Å². The number of aliphatic hydroxyl groups excluding tert-OH is 1. The van der Waals surface area contributed by atoms with E-state index in [-0.39, 0.29) is 6.42 Å². The number of carboxylic acids is 1. The van der Waals surface area contributed by atoms with Gasteiger partial charge in [0.2, 0.25) is 0 Å². The van der Waals surface area contributed by atoms with Crippen molar-refractivity contribution in [1.29, 1.82) is 0 Å². The van der Waals surface area contributed by atoms with Crippen LogP contribution in [-0.2, 0) is 4.79 Å². The van der Waals surface area contributed by atoms with Gasteiger partial charge in [0.1, 0.15) is 0 Å². The maximum absolute atomic E-state index is 10.5. The van der Waals surface area contributed by atoms with E-state index in [2.05, 4.69) is 12.1 Å². The van der Waals surface area contributed by atoms with Crippen molar-refractivity contribution in [3.63, 3.8) is 0 Å². The first-order valence-electron chi connectivity index (χ1n) is 7.80. The minimum absolute atomic E-state index is 0.123. The van der Waals surface area contributed by atoms with Gasteiger partial charge in [0.25, 0.3) is 0 Å². The molecule has 0 aliphatic carbocycles. The summed E-state index contributed by atoms with van der Waals surface area (Å²) < 4.78 is 0. The molecule has 122 valence electrons. The molecule has 0 heterocycles. The van der Waals surface area contributed by atoms with Gasteiger partial charge < -0.3 is 15.1 Å². The number of rotatable bonds is 8. The Labute approximate surface area is 137 Å². The van der Waals surface area contributed by atoms with Crippen molar-refractivity contribution in [2.75, 3.05) is 20.1 Å². The number of hydrogen-bond donors (Lipinski definition) is 2. The highest BCUT2D eigenvalue weighted by atomic mass is 16.4. The number of aliphatic carboxylic acids is 1. The van der Waals surface area contributed by atoms with Crippen LogP contribution in [0, 0.1) is 0 Å². The van der Waals surface area contributed by atoms with Crippen LogP contribution in [0.4, 0.5) is 0 Å². The Bertz CT molecular complexity index is 610. The van der Waals surface area contributed by atoms with Gasteiger partial charge in [-0.15, -0.1) is 0 Å². The van der Waals surface area contributed by atoms with Crippen molar-refractivity contribution in [2.24, 2.45) is 0 Å². The molecule has 2 aromatic rings. The fraction of sp³-hybridized carbons (Fsp3) is 0.316. The Morgan fingerprint density at radius 1 is 1.00 bits per heavy atom. The summed E-state index contributed by atoms with van der Waals surface area (Å²) in [5, 5.41) is 18.9. The maximum atomic E-state index is 10.5. The molecule has 0 spiro atoms. The second-order valence-corrected chi connectivity index (χ2v) is 5.74. The molecule has 23 heavy (non-hydrogen) atoms. The summed E-state index contributed by atoms with van der Waals surface area (Å²) in [4.78, 5) is 12.5. The van der Waals surface area contributed by atoms with Gasteiger partial charge >= 0.3 is 5.97 Å². The molecule has 0 saturated carbocycles. The summed E-state index contributed by atoms with van der Waals surface area (Å²) in [6, 6.07) is 18.0. The molecule has 0 fully saturated rings. The Balaban J connectivity index is 1.88. The third kappa shape index (κ3) is 5.51. The van der Waals surface area contributed by atoms with Crippen molar-refractivity contribution in [1.82, 2.24) is 4.90 Å². The normalized spacial score (nSPS) is 12.3. The number of carbonyl (C=O) groups is 1. The molecular weight excluding hydrogens is 290 g/mol. The summed E-state index contributed by atoms with van der Waals surface area (Å²) >= 11 is 0. The summed E-state index contributed by atoms with van der Waals surface area (Å²) in [6.07, 6.45) is 0.172. The molecule has 0 saturated heterocycles. The lowest BCUT2D eigenvalue weighted by atomic mass is 10.0. The lowest BCUT2D eigenvalue weighted by Gasteiger charge is -2.18. The molecule has 2 rings (SSSR count). The van der Waals surface area contributed by atoms with Gasteiger partial charge in [-0.3, -0.25) is 4.79 Å². The Kier molecular flexibility index (Phi) is 6.32. The predicted octanol–water partition coefficient (Wildman–Crippen LogP) is 3.18. The zero-order chi connectivity index (χ0) is 16.7. The van der Waals surface area contributed by atoms with E-state index in [4.69, 9.17) is 5.11 Å². The molecule has 2 aromatic carbocycles. The number of carboxylic acid groups (broad SMARTS) is 1. The Hall–Kier alpha value is -2.17. The maximum Gasteiger partial charge on any atom is 0.304 e. The minimum Gasteiger partial charge on any atom is -0.481 e. The van der Waals surface area contributed by atoms with E-state index >= 15 is 0 Å². The van der Waals surface area contributed by atoms with E-state index in [0.29, 0.717) is 19.5 Å². The predicted molar refractivity (Wildman–Crippen MR) is 91.2 cm³/mol. The average Bonchev–Trinajstić information content (AvgIpc) is 2.58. The summed E-state index contributed by atoms with van der Waals surface area (Å²) in [6.45, 7) is 1.16. The van der Waals surface area contributed by atoms with Crippen molar-refractivity contribution in [3.05, 3.63) is 60.2 Å². The van der Waals surface area contributed by atoms with Crippen LogP contribution >= 0.6 is 0 Å². The van der Waals surface area contributed by atoms with Crippen LogP contribution in [0.2, 0.25) is 0 Å². The van der Waals surface area contributed by atoms with Crippen LogP contribution in [0.3, 0.4) is 0 Å². The number of nitrogens with zero attached hydrogens (tertiary/aromatic N) is 1. The minimum atomic E-state index is -0.797. The lowest BCUT2D eigenvalue weighted by Crippen LogP contribution is -2.24. The summed E-state index contributed by atoms with van der Waals surface area (Å²) in [5.41, 5.74) is 3.17. The van der Waals surface area contributed by atoms with Crippen molar-refractivity contribution >= 4 is 5.97 Å². The lowest BCUT2D eigenvalue weighted by molar-refractivity contribution is -0.137. The van der Waals surface area contributed by atoms with Crippen LogP contribution in [-0.4, -0.2) is 41.2 Å². The smallest absolute Gasteiger partial charge is 0.304 e. The van der Waals surface area contributed by atoms with E-state index in [1.165, 1.54) is 0 Å². The van der Waals surface area contributed by atoms with Crippen molar-refractivity contribution < 1.29 is 15.0 Å². The van der Waals surface area contributed by atoms with Gasteiger partial charge in [0.15, 0.2) is 0 Å². The van der Waals surface area contributed by atoms with Gasteiger partial charge in [-0.2, -0.15) is 0 Å². The zero-order valence-corrected chi connectivity index (χ0v) is 13.4. The van der Waals surface area contributed by atoms with E-state index in [1.54, 1.807) is 0 Å². The second-order valence-electron chi connectivity index (χ2n) is 5.74. The van der Waals surface area contributed by atoms with Gasteiger partial charge in [-0.1, -0.05) is 54.6 Å². The highest BCUT2D eigenvalue weighted by Crippen LogP contribution is 2.23. The first kappa shape index (κ1) is 17.2. The Morgan fingerprint density at radius 2 is 1.61 bits per heavy atom. The second kappa shape index (κ2) is 8.46. The van der Waals surface area contributed by atoms with E-state index in [1.807, 2.05) is 54.4 Å². The summed E-state index contributed by atoms with van der Waals surface area (Å²) in [5.74, 6) is -0.797. The Morgan fingerprint density at radius 3 is 2.22 bits per heavy atom. The molecular formula is C19H23NO3. The topological polar surface area (TPSA) is 60.8 Å².